The van der Waals surface area contributed by atoms with Gasteiger partial charge in [0, 0.05) is 37.5 Å². The number of carboxylic acid groups (broad SMARTS) is 1. The first-order valence-electron chi connectivity index (χ1n) is 13.5. The number of fused-ring (bicyclic) bond motifs is 3. The molecule has 0 aliphatic carbocycles. The standard InChI is InChI=1S/C19H27NO3.C10H10N2O7/c1-12(2)7-14-11-20-6-5-13-8-18(22-3)19(23-4)9-15(13)16(20)10-17(14)21;13-7(8(14)10(16)17)9(15)11-5-3-1-2-4-6(5)12(18)19/h8-9,12,14,16H,5-7,10-11H2,1-4H3;1-4,7-8,13-14H,(H,11,15)(H,16,17)/t14-,16-;/m0./s1. The Balaban J connectivity index is 0.000000236. The number of carbonyl (C=O) groups is 3. The number of nitrogens with zero attached hydrogens (tertiary/aromatic N) is 2. The van der Waals surface area contributed by atoms with Gasteiger partial charge >= 0.3 is 5.97 Å². The smallest absolute Gasteiger partial charge is 0.335 e. The van der Waals surface area contributed by atoms with Crippen LogP contribution in [0, 0.1) is 22.0 Å². The molecule has 2 unspecified atom stereocenters. The van der Waals surface area contributed by atoms with Gasteiger partial charge in [-0.25, -0.2) is 4.79 Å². The minimum absolute atomic E-state index is 0.202. The Kier molecular flexibility index (Phi) is 11.0. The van der Waals surface area contributed by atoms with Crippen molar-refractivity contribution in [3.05, 3.63) is 57.6 Å². The normalized spacial score (nSPS) is 19.4. The molecule has 2 aromatic carbocycles. The summed E-state index contributed by atoms with van der Waals surface area (Å²) in [5, 5.41) is 39.3. The zero-order valence-corrected chi connectivity index (χ0v) is 24.0. The molecule has 4 rings (SSSR count). The number of aliphatic hydroxyl groups is 2. The maximum Gasteiger partial charge on any atom is 0.335 e. The molecule has 13 nitrogen and oxygen atoms in total. The van der Waals surface area contributed by atoms with Gasteiger partial charge in [-0.1, -0.05) is 26.0 Å². The van der Waals surface area contributed by atoms with Crippen LogP contribution in [-0.2, 0) is 20.8 Å². The van der Waals surface area contributed by atoms with Gasteiger partial charge in [-0.2, -0.15) is 0 Å². The van der Waals surface area contributed by atoms with E-state index in [1.165, 1.54) is 29.3 Å². The number of methoxy groups -OCH3 is 2. The summed E-state index contributed by atoms with van der Waals surface area (Å²) in [5.74, 6) is -0.323. The number of anilines is 1. The van der Waals surface area contributed by atoms with Crippen molar-refractivity contribution in [1.82, 2.24) is 4.90 Å². The Bertz CT molecular complexity index is 1310. The van der Waals surface area contributed by atoms with Gasteiger partial charge in [-0.3, -0.25) is 24.6 Å². The first-order valence-corrected chi connectivity index (χ1v) is 13.5. The average molecular weight is 588 g/mol. The van der Waals surface area contributed by atoms with Gasteiger partial charge in [0.15, 0.2) is 23.7 Å². The van der Waals surface area contributed by atoms with Gasteiger partial charge in [0.1, 0.15) is 11.5 Å². The topological polar surface area (TPSA) is 189 Å². The summed E-state index contributed by atoms with van der Waals surface area (Å²) in [4.78, 5) is 46.8. The van der Waals surface area contributed by atoms with Crippen LogP contribution in [0.1, 0.15) is 43.9 Å². The predicted molar refractivity (Wildman–Crippen MR) is 152 cm³/mol. The van der Waals surface area contributed by atoms with E-state index in [4.69, 9.17) is 19.7 Å². The molecule has 42 heavy (non-hydrogen) atoms. The molecular weight excluding hydrogens is 550 g/mol. The second kappa shape index (κ2) is 14.2. The van der Waals surface area contributed by atoms with Crippen LogP contribution in [0.4, 0.5) is 11.4 Å². The lowest BCUT2D eigenvalue weighted by molar-refractivity contribution is -0.383. The number of benzene rings is 2. The van der Waals surface area contributed by atoms with Crippen LogP contribution in [0.15, 0.2) is 36.4 Å². The summed E-state index contributed by atoms with van der Waals surface area (Å²) in [5.41, 5.74) is 1.89. The number of aliphatic hydroxyl groups excluding tert-OH is 2. The highest BCUT2D eigenvalue weighted by atomic mass is 16.6. The van der Waals surface area contributed by atoms with E-state index in [0.717, 1.165) is 43.5 Å². The zero-order chi connectivity index (χ0) is 31.1. The molecule has 4 N–H and O–H groups in total. The molecule has 0 saturated carbocycles. The number of piperidine rings is 1. The molecule has 1 amide bonds. The number of nitro groups is 1. The third-order valence-electron chi connectivity index (χ3n) is 7.35. The molecule has 4 atom stereocenters. The van der Waals surface area contributed by atoms with Crippen molar-refractivity contribution >= 4 is 29.0 Å². The third kappa shape index (κ3) is 7.60. The number of rotatable bonds is 9. The van der Waals surface area contributed by atoms with Gasteiger partial charge in [-0.05, 0) is 48.1 Å². The molecule has 1 fully saturated rings. The van der Waals surface area contributed by atoms with Crippen molar-refractivity contribution in [1.29, 1.82) is 0 Å². The maximum absolute atomic E-state index is 12.6. The SMILES string of the molecule is COc1cc2c(cc1OC)[C@@H]1CC(=O)[C@@H](CC(C)C)CN1CC2.O=C(O)C(O)C(O)C(=O)Nc1ccccc1[N+](=O)[O-]. The van der Waals surface area contributed by atoms with Crippen LogP contribution < -0.4 is 14.8 Å². The lowest BCUT2D eigenvalue weighted by atomic mass is 9.80. The van der Waals surface area contributed by atoms with E-state index in [1.807, 2.05) is 5.32 Å². The van der Waals surface area contributed by atoms with Gasteiger partial charge in [0.2, 0.25) is 0 Å². The number of nitrogens with one attached hydrogen (secondary N) is 1. The summed E-state index contributed by atoms with van der Waals surface area (Å²) in [6.07, 6.45) is -1.92. The Hall–Kier alpha value is -4.07. The van der Waals surface area contributed by atoms with Crippen molar-refractivity contribution in [3.8, 4) is 11.5 Å². The van der Waals surface area contributed by atoms with Crippen LogP contribution in [0.25, 0.3) is 0 Å². The van der Waals surface area contributed by atoms with Gasteiger partial charge < -0.3 is 30.1 Å². The fourth-order valence-electron chi connectivity index (χ4n) is 5.28. The Morgan fingerprint density at radius 3 is 2.36 bits per heavy atom. The number of hydrogen-bond acceptors (Lipinski definition) is 10. The molecule has 0 bridgehead atoms. The highest BCUT2D eigenvalue weighted by Crippen LogP contribution is 2.42. The van der Waals surface area contributed by atoms with Crippen molar-refractivity contribution in [2.24, 2.45) is 11.8 Å². The summed E-state index contributed by atoms with van der Waals surface area (Å²) in [6, 6.07) is 9.45. The quantitative estimate of drug-likeness (QED) is 0.249. The number of carboxylic acids is 1. The molecule has 228 valence electrons. The fourth-order valence-corrected chi connectivity index (χ4v) is 5.28. The van der Waals surface area contributed by atoms with Crippen molar-refractivity contribution in [2.45, 2.75) is 51.4 Å². The second-order valence-electron chi connectivity index (χ2n) is 10.7. The van der Waals surface area contributed by atoms with Crippen LogP contribution in [0.5, 0.6) is 11.5 Å². The lowest BCUT2D eigenvalue weighted by Crippen LogP contribution is -2.46. The van der Waals surface area contributed by atoms with E-state index >= 15 is 0 Å². The number of ketones is 1. The molecule has 2 aliphatic heterocycles. The predicted octanol–water partition coefficient (Wildman–Crippen LogP) is 2.58. The van der Waals surface area contributed by atoms with Crippen molar-refractivity contribution < 1.29 is 44.1 Å². The molecule has 0 radical (unpaired) electrons. The van der Waals surface area contributed by atoms with Crippen LogP contribution in [0.2, 0.25) is 0 Å². The highest BCUT2D eigenvalue weighted by molar-refractivity contribution is 5.98. The third-order valence-corrected chi connectivity index (χ3v) is 7.35. The number of ether oxygens (including phenoxy) is 2. The number of aliphatic carboxylic acids is 1. The minimum atomic E-state index is -2.32. The zero-order valence-electron chi connectivity index (χ0n) is 24.0. The second-order valence-corrected chi connectivity index (χ2v) is 10.7. The van der Waals surface area contributed by atoms with Gasteiger partial charge in [0.25, 0.3) is 11.6 Å². The Morgan fingerprint density at radius 1 is 1.12 bits per heavy atom. The van der Waals surface area contributed by atoms with Crippen LogP contribution in [0.3, 0.4) is 0 Å². The molecule has 2 aliphatic rings. The van der Waals surface area contributed by atoms with Gasteiger partial charge in [0.05, 0.1) is 19.1 Å². The fraction of sp³-hybridized carbons (Fsp3) is 0.483. The molecule has 0 spiro atoms. The summed E-state index contributed by atoms with van der Waals surface area (Å²) < 4.78 is 10.9. The number of para-hydroxylation sites is 2. The Labute approximate surface area is 243 Å². The van der Waals surface area contributed by atoms with E-state index in [0.29, 0.717) is 18.1 Å². The van der Waals surface area contributed by atoms with Crippen LogP contribution in [-0.4, -0.2) is 82.3 Å². The molecule has 1 saturated heterocycles. The number of hydrogen-bond donors (Lipinski definition) is 4. The summed E-state index contributed by atoms with van der Waals surface area (Å²) in [7, 11) is 3.33. The first kappa shape index (κ1) is 32.4. The molecule has 13 heteroatoms. The maximum atomic E-state index is 12.6. The number of carbonyl (C=O) groups excluding carboxylic acids is 2. The van der Waals surface area contributed by atoms with E-state index in [2.05, 4.69) is 30.9 Å². The minimum Gasteiger partial charge on any atom is -0.493 e. The lowest BCUT2D eigenvalue weighted by Gasteiger charge is -2.43. The summed E-state index contributed by atoms with van der Waals surface area (Å²) in [6.45, 7) is 6.31. The molecular formula is C29H37N3O10. The highest BCUT2D eigenvalue weighted by Gasteiger charge is 2.38. The van der Waals surface area contributed by atoms with Crippen molar-refractivity contribution in [2.75, 3.05) is 32.6 Å². The van der Waals surface area contributed by atoms with Crippen LogP contribution >= 0.6 is 0 Å². The average Bonchev–Trinajstić information content (AvgIpc) is 2.96. The van der Waals surface area contributed by atoms with E-state index in [1.54, 1.807) is 14.2 Å². The van der Waals surface area contributed by atoms with E-state index in [-0.39, 0.29) is 17.6 Å². The van der Waals surface area contributed by atoms with E-state index in [9.17, 15) is 29.6 Å². The summed E-state index contributed by atoms with van der Waals surface area (Å²) >= 11 is 0. The van der Waals surface area contributed by atoms with Crippen molar-refractivity contribution in [3.63, 3.8) is 0 Å². The van der Waals surface area contributed by atoms with E-state index < -0.39 is 34.7 Å². The number of Topliss-reactive ketones (excluding diaryl/α,β-unsaturated/α-hetero) is 1. The Morgan fingerprint density at radius 2 is 1.76 bits per heavy atom. The molecule has 0 aromatic heterocycles. The van der Waals surface area contributed by atoms with Gasteiger partial charge in [-0.15, -0.1) is 0 Å². The number of amides is 1. The molecule has 2 aromatic rings. The first-order chi connectivity index (χ1) is 19.9. The monoisotopic (exact) mass is 587 g/mol. The number of nitro benzene ring substituents is 1. The molecule has 2 heterocycles. The largest absolute Gasteiger partial charge is 0.493 e.